The highest BCUT2D eigenvalue weighted by molar-refractivity contribution is 8.00. The van der Waals surface area contributed by atoms with E-state index < -0.39 is 17.7 Å². The van der Waals surface area contributed by atoms with Crippen molar-refractivity contribution in [3.63, 3.8) is 0 Å². The van der Waals surface area contributed by atoms with Crippen LogP contribution < -0.4 is 11.1 Å². The van der Waals surface area contributed by atoms with E-state index in [4.69, 9.17) is 15.2 Å². The van der Waals surface area contributed by atoms with E-state index in [1.807, 2.05) is 32.9 Å². The first-order valence-electron chi connectivity index (χ1n) is 10.6. The van der Waals surface area contributed by atoms with Crippen LogP contribution in [0.5, 0.6) is 0 Å². The summed E-state index contributed by atoms with van der Waals surface area (Å²) in [6.45, 7) is 8.16. The van der Waals surface area contributed by atoms with E-state index in [0.717, 1.165) is 15.3 Å². The van der Waals surface area contributed by atoms with Gasteiger partial charge in [0.2, 0.25) is 5.91 Å². The highest BCUT2D eigenvalue weighted by Gasteiger charge is 2.32. The van der Waals surface area contributed by atoms with Crippen LogP contribution in [0.4, 0.5) is 15.5 Å². The second-order valence-corrected chi connectivity index (χ2v) is 10.6. The first-order valence-corrected chi connectivity index (χ1v) is 12.5. The summed E-state index contributed by atoms with van der Waals surface area (Å²) in [6.07, 6.45) is 0.0796. The number of nitrogens with one attached hydrogen (secondary N) is 1. The molecular formula is C23H29N3O5S2. The highest BCUT2D eigenvalue weighted by Crippen LogP contribution is 2.38. The van der Waals surface area contributed by atoms with Crippen molar-refractivity contribution in [3.8, 4) is 0 Å². The zero-order chi connectivity index (χ0) is 24.2. The molecule has 33 heavy (non-hydrogen) atoms. The molecule has 1 aromatic carbocycles. The Hall–Kier alpha value is -2.72. The molecular weight excluding hydrogens is 462 g/mol. The number of ether oxygens (including phenoxy) is 2. The summed E-state index contributed by atoms with van der Waals surface area (Å²) in [5.74, 6) is -0.548. The monoisotopic (exact) mass is 491 g/mol. The van der Waals surface area contributed by atoms with Gasteiger partial charge >= 0.3 is 12.1 Å². The molecule has 0 aliphatic carbocycles. The summed E-state index contributed by atoms with van der Waals surface area (Å²) in [7, 11) is 0. The van der Waals surface area contributed by atoms with Gasteiger partial charge in [-0.05, 0) is 57.9 Å². The number of rotatable bonds is 6. The third kappa shape index (κ3) is 6.64. The number of carbonyl (C=O) groups is 3. The fraction of sp³-hybridized carbons (Fsp3) is 0.435. The molecule has 0 atom stereocenters. The molecule has 8 nitrogen and oxygen atoms in total. The van der Waals surface area contributed by atoms with E-state index >= 15 is 0 Å². The molecule has 178 valence electrons. The smallest absolute Gasteiger partial charge is 0.410 e. The number of carbonyl (C=O) groups excluding carboxylic acids is 3. The van der Waals surface area contributed by atoms with Crippen molar-refractivity contribution >= 4 is 51.8 Å². The molecule has 2 aromatic rings. The molecule has 0 unspecified atom stereocenters. The minimum Gasteiger partial charge on any atom is -0.462 e. The number of hydrogen-bond donors (Lipinski definition) is 2. The topological polar surface area (TPSA) is 111 Å². The number of amides is 2. The van der Waals surface area contributed by atoms with Crippen molar-refractivity contribution in [2.45, 2.75) is 51.2 Å². The maximum Gasteiger partial charge on any atom is 0.410 e. The Labute approximate surface area is 201 Å². The first kappa shape index (κ1) is 24.9. The van der Waals surface area contributed by atoms with Crippen LogP contribution in [0.1, 0.15) is 48.5 Å². The number of benzene rings is 1. The number of thioether (sulfide) groups is 1. The third-order valence-electron chi connectivity index (χ3n) is 4.67. The zero-order valence-electron chi connectivity index (χ0n) is 19.2. The largest absolute Gasteiger partial charge is 0.462 e. The molecule has 0 saturated carbocycles. The van der Waals surface area contributed by atoms with E-state index in [-0.39, 0.29) is 18.3 Å². The van der Waals surface area contributed by atoms with Crippen LogP contribution in [0.3, 0.4) is 0 Å². The Morgan fingerprint density at radius 3 is 2.70 bits per heavy atom. The van der Waals surface area contributed by atoms with Gasteiger partial charge < -0.3 is 25.4 Å². The van der Waals surface area contributed by atoms with Gasteiger partial charge in [-0.3, -0.25) is 4.79 Å². The van der Waals surface area contributed by atoms with Crippen molar-refractivity contribution < 1.29 is 23.9 Å². The number of esters is 1. The lowest BCUT2D eigenvalue weighted by Gasteiger charge is -2.30. The normalized spacial score (nSPS) is 13.3. The Morgan fingerprint density at radius 2 is 2.03 bits per heavy atom. The number of anilines is 2. The Bertz CT molecular complexity index is 1050. The van der Waals surface area contributed by atoms with Gasteiger partial charge in [0.15, 0.2) is 0 Å². The average Bonchev–Trinajstić information content (AvgIpc) is 3.08. The third-order valence-corrected chi connectivity index (χ3v) is 6.80. The van der Waals surface area contributed by atoms with Crippen molar-refractivity contribution in [2.24, 2.45) is 0 Å². The Kier molecular flexibility index (Phi) is 7.91. The van der Waals surface area contributed by atoms with Crippen LogP contribution in [0.2, 0.25) is 0 Å². The number of nitrogens with two attached hydrogens (primary N) is 1. The molecule has 0 fully saturated rings. The molecule has 0 radical (unpaired) electrons. The van der Waals surface area contributed by atoms with E-state index in [9.17, 15) is 14.4 Å². The van der Waals surface area contributed by atoms with E-state index in [2.05, 4.69) is 5.32 Å². The molecule has 3 rings (SSSR count). The lowest BCUT2D eigenvalue weighted by atomic mass is 10.0. The number of hydrogen-bond acceptors (Lipinski definition) is 8. The van der Waals surface area contributed by atoms with Crippen LogP contribution in [0.15, 0.2) is 29.2 Å². The van der Waals surface area contributed by atoms with Crippen LogP contribution in [0.25, 0.3) is 0 Å². The summed E-state index contributed by atoms with van der Waals surface area (Å²) in [5, 5.41) is 3.31. The van der Waals surface area contributed by atoms with Crippen LogP contribution in [-0.4, -0.2) is 47.4 Å². The van der Waals surface area contributed by atoms with Gasteiger partial charge in [-0.2, -0.15) is 0 Å². The Balaban J connectivity index is 1.76. The van der Waals surface area contributed by atoms with E-state index in [1.54, 1.807) is 24.0 Å². The predicted octanol–water partition coefficient (Wildman–Crippen LogP) is 4.53. The number of nitrogens with zero attached hydrogens (tertiary/aromatic N) is 1. The molecule has 1 aliphatic rings. The SMILES string of the molecule is CCOC(=O)c1c(NC(=O)CSc2cccc(N)c2)sc2c1CCN(C(=O)OC(C)(C)C)C2. The number of nitrogen functional groups attached to an aromatic ring is 1. The predicted molar refractivity (Wildman–Crippen MR) is 131 cm³/mol. The lowest BCUT2D eigenvalue weighted by Crippen LogP contribution is -2.39. The molecule has 1 aromatic heterocycles. The number of fused-ring (bicyclic) bond motifs is 1. The average molecular weight is 492 g/mol. The molecule has 0 bridgehead atoms. The molecule has 2 amide bonds. The van der Waals surface area contributed by atoms with Crippen molar-refractivity contribution in [2.75, 3.05) is 30.0 Å². The van der Waals surface area contributed by atoms with Crippen molar-refractivity contribution in [1.29, 1.82) is 0 Å². The molecule has 10 heteroatoms. The quantitative estimate of drug-likeness (QED) is 0.347. The van der Waals surface area contributed by atoms with Gasteiger partial charge in [0.1, 0.15) is 10.6 Å². The summed E-state index contributed by atoms with van der Waals surface area (Å²) in [5.41, 5.74) is 7.02. The van der Waals surface area contributed by atoms with Crippen LogP contribution in [-0.2, 0) is 27.2 Å². The van der Waals surface area contributed by atoms with Gasteiger partial charge in [0, 0.05) is 22.0 Å². The molecule has 2 heterocycles. The molecule has 0 spiro atoms. The summed E-state index contributed by atoms with van der Waals surface area (Å²) >= 11 is 2.65. The van der Waals surface area contributed by atoms with Gasteiger partial charge in [-0.15, -0.1) is 23.1 Å². The van der Waals surface area contributed by atoms with E-state index in [0.29, 0.717) is 35.8 Å². The summed E-state index contributed by atoms with van der Waals surface area (Å²) < 4.78 is 10.7. The summed E-state index contributed by atoms with van der Waals surface area (Å²) in [4.78, 5) is 41.2. The van der Waals surface area contributed by atoms with Crippen molar-refractivity contribution in [1.82, 2.24) is 4.90 Å². The standard InChI is InChI=1S/C23H29N3O5S2/c1-5-30-21(28)19-16-9-10-26(22(29)31-23(2,3)4)12-17(16)33-20(19)25-18(27)13-32-15-8-6-7-14(24)11-15/h6-8,11H,5,9-10,12-13,24H2,1-4H3,(H,25,27). The molecule has 3 N–H and O–H groups in total. The Morgan fingerprint density at radius 1 is 1.27 bits per heavy atom. The fourth-order valence-electron chi connectivity index (χ4n) is 3.31. The van der Waals surface area contributed by atoms with Crippen LogP contribution in [0, 0.1) is 0 Å². The molecule has 1 aliphatic heterocycles. The lowest BCUT2D eigenvalue weighted by molar-refractivity contribution is -0.113. The minimum absolute atomic E-state index is 0.165. The van der Waals surface area contributed by atoms with Gasteiger partial charge in [-0.25, -0.2) is 9.59 Å². The second kappa shape index (κ2) is 10.5. The summed E-state index contributed by atoms with van der Waals surface area (Å²) in [6, 6.07) is 7.30. The highest BCUT2D eigenvalue weighted by atomic mass is 32.2. The van der Waals surface area contributed by atoms with E-state index in [1.165, 1.54) is 23.1 Å². The maximum atomic E-state index is 12.7. The van der Waals surface area contributed by atoms with Crippen molar-refractivity contribution in [3.05, 3.63) is 40.3 Å². The minimum atomic E-state index is -0.594. The number of thiophene rings is 1. The van der Waals surface area contributed by atoms with Crippen LogP contribution >= 0.6 is 23.1 Å². The van der Waals surface area contributed by atoms with Gasteiger partial charge in [0.05, 0.1) is 24.5 Å². The first-order chi connectivity index (χ1) is 15.6. The molecule has 0 saturated heterocycles. The fourth-order valence-corrected chi connectivity index (χ4v) is 5.34. The maximum absolute atomic E-state index is 12.7. The zero-order valence-corrected chi connectivity index (χ0v) is 20.9. The van der Waals surface area contributed by atoms with Gasteiger partial charge in [0.25, 0.3) is 0 Å². The van der Waals surface area contributed by atoms with Gasteiger partial charge in [-0.1, -0.05) is 6.07 Å². The second-order valence-electron chi connectivity index (χ2n) is 8.49.